The van der Waals surface area contributed by atoms with Crippen LogP contribution in [0.15, 0.2) is 0 Å². The molecule has 250 valence electrons. The fraction of sp³-hybridized carbons (Fsp3) is 1.00. The third-order valence-corrected chi connectivity index (χ3v) is 4.19. The molecule has 0 aliphatic heterocycles. The molecule has 0 aliphatic rings. The molecule has 39 heavy (non-hydrogen) atoms. The van der Waals surface area contributed by atoms with Gasteiger partial charge in [0, 0.05) is 6.15 Å². The molecule has 1 nitrogen and oxygen atoms in total. The van der Waals surface area contributed by atoms with Gasteiger partial charge in [0.25, 0.3) is 0 Å². The molecule has 0 spiro atoms. The third kappa shape index (κ3) is 346. The fourth-order valence-electron chi connectivity index (χ4n) is 1.53. The average Bonchev–Trinajstić information content (AvgIpc) is 2.86. The van der Waals surface area contributed by atoms with E-state index >= 15 is 0 Å². The Balaban J connectivity index is -0.0000000258. The molecule has 0 aromatic heterocycles. The molecule has 0 unspecified atom stereocenters. The Morgan fingerprint density at radius 1 is 0.385 bits per heavy atom. The van der Waals surface area contributed by atoms with Gasteiger partial charge in [-0.25, -0.2) is 0 Å². The van der Waals surface area contributed by atoms with E-state index in [2.05, 4.69) is 111 Å². The van der Waals surface area contributed by atoms with Gasteiger partial charge in [0.1, 0.15) is 0 Å². The predicted octanol–water partition coefficient (Wildman–Crippen LogP) is 16.5. The average molecular weight is 558 g/mol. The SMILES string of the molecule is C.CC.CC(C)C.CCC.CCC(C)C.CCCC.CCCCC.CCCCCC.CCCCCCC.N.[He]. The van der Waals surface area contributed by atoms with Crippen LogP contribution in [0.5, 0.6) is 0 Å². The first kappa shape index (κ1) is 71.8. The standard InChI is InChI=1S/C7H16.C6H14.2C5H12.2C4H10.C3H8.C2H6.CH4.He.H3N/c1-3-5-7-6-4-2;1-3-5-6-4-2;1-4-5(2)3;1-3-5-4-2;1-4(2)3;1-3-4-2;1-3-2;1-2;;;/h3-7H2,1-2H3;3-6H2,1-2H3;5H,4H2,1-3H3;3-5H2,1-2H3;4H,1-3H3;3-4H2,1-2H3;3H2,1-2H3;1-2H3;1H4;;1H3. The van der Waals surface area contributed by atoms with Crippen molar-refractivity contribution < 1.29 is 6.15 Å². The maximum absolute atomic E-state index is 2.25. The monoisotopic (exact) mass is 558 g/mol. The smallest absolute Gasteiger partial charge is 0 e. The Labute approximate surface area is 258 Å². The minimum Gasteiger partial charge on any atom is -0.344 e. The van der Waals surface area contributed by atoms with Gasteiger partial charge < -0.3 is 6.15 Å². The second kappa shape index (κ2) is 108. The Bertz CT molecular complexity index is 191. The van der Waals surface area contributed by atoms with Crippen LogP contribution in [0.25, 0.3) is 0 Å². The van der Waals surface area contributed by atoms with E-state index in [1.165, 1.54) is 103 Å². The summed E-state index contributed by atoms with van der Waals surface area (Å²) in [5, 5.41) is 0. The number of hydrogen-bond donors (Lipinski definition) is 1. The molecular weight excluding hydrogens is 462 g/mol. The Kier molecular flexibility index (Phi) is 198. The van der Waals surface area contributed by atoms with Gasteiger partial charge in [-0.2, -0.15) is 0 Å². The second-order valence-electron chi connectivity index (χ2n) is 10.4. The van der Waals surface area contributed by atoms with Gasteiger partial charge in [-0.15, -0.1) is 0 Å². The van der Waals surface area contributed by atoms with Crippen LogP contribution >= 0.6 is 0 Å². The van der Waals surface area contributed by atoms with Crippen molar-refractivity contribution in [3.8, 4) is 0 Å². The van der Waals surface area contributed by atoms with Crippen molar-refractivity contribution in [2.45, 2.75) is 235 Å². The quantitative estimate of drug-likeness (QED) is 0.252. The molecule has 0 aliphatic carbocycles. The second-order valence-corrected chi connectivity index (χ2v) is 10.4. The molecule has 0 aromatic rings. The summed E-state index contributed by atoms with van der Waals surface area (Å²) in [6, 6.07) is 0. The molecule has 0 amide bonds. The zero-order valence-corrected chi connectivity index (χ0v) is 31.9. The van der Waals surface area contributed by atoms with E-state index in [4.69, 9.17) is 0 Å². The molecule has 0 atom stereocenters. The third-order valence-electron chi connectivity index (χ3n) is 4.19. The van der Waals surface area contributed by atoms with E-state index in [0.29, 0.717) is 0 Å². The first-order valence-electron chi connectivity index (χ1n) is 17.1. The van der Waals surface area contributed by atoms with Gasteiger partial charge in [0.15, 0.2) is 0 Å². The van der Waals surface area contributed by atoms with Crippen LogP contribution in [0, 0.1) is 18.0 Å². The van der Waals surface area contributed by atoms with E-state index < -0.39 is 0 Å². The van der Waals surface area contributed by atoms with Gasteiger partial charge in [-0.3, -0.25) is 0 Å². The summed E-state index contributed by atoms with van der Waals surface area (Å²) in [6.45, 7) is 39.1. The van der Waals surface area contributed by atoms with Crippen molar-refractivity contribution in [1.29, 1.82) is 0 Å². The van der Waals surface area contributed by atoms with E-state index in [1.54, 1.807) is 0 Å². The minimum atomic E-state index is 0. The van der Waals surface area contributed by atoms with Crippen molar-refractivity contribution in [1.82, 2.24) is 6.15 Å². The van der Waals surface area contributed by atoms with Crippen LogP contribution in [0.1, 0.15) is 235 Å². The maximum atomic E-state index is 2.25. The topological polar surface area (TPSA) is 35.0 Å². The molecule has 0 radical (unpaired) electrons. The molecule has 0 rings (SSSR count). The van der Waals surface area contributed by atoms with Crippen molar-refractivity contribution >= 4 is 0 Å². The summed E-state index contributed by atoms with van der Waals surface area (Å²) < 4.78 is 0. The minimum absolute atomic E-state index is 0. The molecule has 0 saturated carbocycles. The maximum Gasteiger partial charge on any atom is 0 e. The fourth-order valence-corrected chi connectivity index (χ4v) is 1.53. The number of hydrogen-bond acceptors (Lipinski definition) is 1. The largest absolute Gasteiger partial charge is 0.344 e. The molecule has 0 heterocycles. The molecule has 2 heteroatoms. The van der Waals surface area contributed by atoms with Gasteiger partial charge in [0.2, 0.25) is 0 Å². The summed E-state index contributed by atoms with van der Waals surface area (Å²) in [5.41, 5.74) is 0. The van der Waals surface area contributed by atoms with E-state index in [1.807, 2.05) is 13.8 Å². The Morgan fingerprint density at radius 3 is 0.615 bits per heavy atom. The summed E-state index contributed by atoms with van der Waals surface area (Å²) in [6.07, 6.45) is 21.8. The van der Waals surface area contributed by atoms with Gasteiger partial charge in [0.05, 0.1) is 0 Å². The Morgan fingerprint density at radius 2 is 0.538 bits per heavy atom. The van der Waals surface area contributed by atoms with Gasteiger partial charge >= 0.3 is 0 Å². The van der Waals surface area contributed by atoms with Gasteiger partial charge in [-0.05, 0) is 11.8 Å². The van der Waals surface area contributed by atoms with E-state index in [0.717, 1.165) is 11.8 Å². The van der Waals surface area contributed by atoms with Crippen molar-refractivity contribution in [2.75, 3.05) is 0 Å². The van der Waals surface area contributed by atoms with Crippen molar-refractivity contribution in [3.63, 3.8) is 0 Å². The van der Waals surface area contributed by atoms with Crippen LogP contribution in [-0.4, -0.2) is 0 Å². The van der Waals surface area contributed by atoms with Crippen molar-refractivity contribution in [2.24, 2.45) is 11.8 Å². The number of unbranched alkanes of at least 4 members (excludes halogenated alkanes) is 10. The normalized spacial score (nSPS) is 7.69. The van der Waals surface area contributed by atoms with Crippen molar-refractivity contribution in [3.05, 3.63) is 0 Å². The molecule has 3 N–H and O–H groups in total. The van der Waals surface area contributed by atoms with Crippen LogP contribution in [-0.2, 0) is 0 Å². The predicted molar refractivity (Wildman–Crippen MR) is 195 cm³/mol. The van der Waals surface area contributed by atoms with E-state index in [9.17, 15) is 0 Å². The first-order valence-corrected chi connectivity index (χ1v) is 17.1. The van der Waals surface area contributed by atoms with Crippen LogP contribution in [0.4, 0.5) is 0 Å². The molecular formula is C37H95HeN. The summed E-state index contributed by atoms with van der Waals surface area (Å²) in [7, 11) is 0. The zero-order chi connectivity index (χ0) is 30.5. The summed E-state index contributed by atoms with van der Waals surface area (Å²) in [4.78, 5) is 0. The van der Waals surface area contributed by atoms with Crippen LogP contribution in [0.2, 0.25) is 0 Å². The van der Waals surface area contributed by atoms with E-state index in [-0.39, 0.29) is 19.7 Å². The molecule has 0 fully saturated rings. The zero-order valence-electron chi connectivity index (χ0n) is 31.9. The summed E-state index contributed by atoms with van der Waals surface area (Å²) >= 11 is 0. The molecule has 0 bridgehead atoms. The molecule has 0 aromatic carbocycles. The first-order chi connectivity index (χ1) is 17.1. The van der Waals surface area contributed by atoms with Gasteiger partial charge in [-0.1, -0.05) is 235 Å². The summed E-state index contributed by atoms with van der Waals surface area (Å²) in [5.74, 6) is 1.72. The number of rotatable bonds is 11. The van der Waals surface area contributed by atoms with Crippen LogP contribution < -0.4 is 6.15 Å². The Hall–Kier alpha value is -0.131. The van der Waals surface area contributed by atoms with Crippen LogP contribution in [0.3, 0.4) is 0 Å². The molecule has 0 saturated heterocycles.